The average Bonchev–Trinajstić information content (AvgIpc) is 3.96. The molecule has 0 unspecified atom stereocenters. The fourth-order valence-corrected chi connectivity index (χ4v) is 8.44. The van der Waals surface area contributed by atoms with E-state index >= 15 is 0 Å². The van der Waals surface area contributed by atoms with Gasteiger partial charge in [0.15, 0.2) is 23.1 Å². The second-order valence-electron chi connectivity index (χ2n) is 14.4. The topological polar surface area (TPSA) is 69.9 Å². The molecular weight excluding hydrogens is 701 g/mol. The minimum atomic E-state index is 0.590. The third-order valence-electron chi connectivity index (χ3n) is 11.1. The first-order valence-corrected chi connectivity index (χ1v) is 19.0. The molecule has 0 spiro atoms. The Balaban J connectivity index is 1.02. The van der Waals surface area contributed by atoms with Crippen LogP contribution < -0.4 is 0 Å². The maximum absolute atomic E-state index is 6.70. The van der Waals surface area contributed by atoms with Crippen LogP contribution in [0.4, 0.5) is 0 Å². The van der Waals surface area contributed by atoms with E-state index in [4.69, 9.17) is 23.8 Å². The minimum absolute atomic E-state index is 0.590. The zero-order valence-corrected chi connectivity index (χ0v) is 30.4. The highest BCUT2D eigenvalue weighted by Gasteiger charge is 2.20. The van der Waals surface area contributed by atoms with Gasteiger partial charge in [-0.2, -0.15) is 0 Å². The summed E-state index contributed by atoms with van der Waals surface area (Å²) in [5.74, 6) is 1.82. The Kier molecular flexibility index (Phi) is 6.83. The second-order valence-corrected chi connectivity index (χ2v) is 14.4. The van der Waals surface area contributed by atoms with Crippen LogP contribution in [0.1, 0.15) is 0 Å². The molecule has 0 aliphatic carbocycles. The predicted molar refractivity (Wildman–Crippen MR) is 230 cm³/mol. The minimum Gasteiger partial charge on any atom is -0.456 e. The molecule has 0 aliphatic heterocycles. The summed E-state index contributed by atoms with van der Waals surface area (Å²) in [5, 5.41) is 6.53. The van der Waals surface area contributed by atoms with Crippen molar-refractivity contribution in [1.82, 2.24) is 19.5 Å². The average molecular weight is 731 g/mol. The summed E-state index contributed by atoms with van der Waals surface area (Å²) in [6.07, 6.45) is 0. The van der Waals surface area contributed by atoms with Gasteiger partial charge in [0.05, 0.1) is 16.7 Å². The molecule has 0 N–H and O–H groups in total. The van der Waals surface area contributed by atoms with Crippen LogP contribution in [0.5, 0.6) is 0 Å². The van der Waals surface area contributed by atoms with Crippen molar-refractivity contribution in [3.8, 4) is 51.0 Å². The molecule has 0 bridgehead atoms. The molecule has 6 heteroatoms. The van der Waals surface area contributed by atoms with Crippen LogP contribution in [0.15, 0.2) is 191 Å². The van der Waals surface area contributed by atoms with Gasteiger partial charge >= 0.3 is 0 Å². The van der Waals surface area contributed by atoms with Gasteiger partial charge in [-0.25, -0.2) is 15.0 Å². The van der Waals surface area contributed by atoms with Gasteiger partial charge in [-0.1, -0.05) is 133 Å². The van der Waals surface area contributed by atoms with Gasteiger partial charge in [-0.15, -0.1) is 0 Å². The lowest BCUT2D eigenvalue weighted by molar-refractivity contribution is 0.666. The predicted octanol–water partition coefficient (Wildman–Crippen LogP) is 13.4. The van der Waals surface area contributed by atoms with Crippen molar-refractivity contribution in [3.05, 3.63) is 182 Å². The molecule has 0 saturated carbocycles. The molecule has 0 fully saturated rings. The lowest BCUT2D eigenvalue weighted by atomic mass is 9.99. The Morgan fingerprint density at radius 2 is 0.895 bits per heavy atom. The van der Waals surface area contributed by atoms with Gasteiger partial charge in [-0.3, -0.25) is 0 Å². The Labute approximate surface area is 325 Å². The first kappa shape index (κ1) is 31.5. The summed E-state index contributed by atoms with van der Waals surface area (Å²) in [4.78, 5) is 15.0. The van der Waals surface area contributed by atoms with Gasteiger partial charge in [0.25, 0.3) is 0 Å². The van der Waals surface area contributed by atoms with E-state index in [2.05, 4.69) is 114 Å². The van der Waals surface area contributed by atoms with Crippen molar-refractivity contribution in [2.24, 2.45) is 0 Å². The Bertz CT molecular complexity index is 3410. The van der Waals surface area contributed by atoms with Crippen molar-refractivity contribution in [2.45, 2.75) is 0 Å². The number of aromatic nitrogens is 4. The number of rotatable bonds is 5. The SMILES string of the molecule is c1ccc(-c2nc(-c3ccccc3)nc(-c3cccc4oc5ccc(-c6ccc7oc8c(-n9c%10ccccc%10c%10ccccc%109)cccc8c7c6)cc5c34)n2)cc1. The molecule has 4 aromatic heterocycles. The summed E-state index contributed by atoms with van der Waals surface area (Å²) in [6.45, 7) is 0. The summed E-state index contributed by atoms with van der Waals surface area (Å²) < 4.78 is 15.5. The monoisotopic (exact) mass is 730 g/mol. The van der Waals surface area contributed by atoms with E-state index in [1.807, 2.05) is 72.8 Å². The van der Waals surface area contributed by atoms with Crippen molar-refractivity contribution >= 4 is 65.7 Å². The smallest absolute Gasteiger partial charge is 0.164 e. The molecule has 0 amide bonds. The third-order valence-corrected chi connectivity index (χ3v) is 11.1. The Morgan fingerprint density at radius 1 is 0.351 bits per heavy atom. The van der Waals surface area contributed by atoms with Crippen LogP contribution in [0.3, 0.4) is 0 Å². The summed E-state index contributed by atoms with van der Waals surface area (Å²) >= 11 is 0. The summed E-state index contributed by atoms with van der Waals surface area (Å²) in [5.41, 5.74) is 11.5. The highest BCUT2D eigenvalue weighted by molar-refractivity contribution is 6.15. The Hall–Kier alpha value is -7.83. The fourth-order valence-electron chi connectivity index (χ4n) is 8.44. The number of para-hydroxylation sites is 3. The lowest BCUT2D eigenvalue weighted by Gasteiger charge is -2.09. The molecule has 266 valence electrons. The van der Waals surface area contributed by atoms with E-state index in [-0.39, 0.29) is 0 Å². The molecule has 6 nitrogen and oxygen atoms in total. The number of benzene rings is 8. The number of fused-ring (bicyclic) bond motifs is 9. The van der Waals surface area contributed by atoms with Gasteiger partial charge < -0.3 is 13.4 Å². The highest BCUT2D eigenvalue weighted by Crippen LogP contribution is 2.41. The van der Waals surface area contributed by atoms with E-state index in [9.17, 15) is 0 Å². The largest absolute Gasteiger partial charge is 0.456 e. The van der Waals surface area contributed by atoms with Crippen LogP contribution >= 0.6 is 0 Å². The second kappa shape index (κ2) is 12.3. The molecule has 0 saturated heterocycles. The number of hydrogen-bond donors (Lipinski definition) is 0. The van der Waals surface area contributed by atoms with Crippen LogP contribution in [-0.2, 0) is 0 Å². The molecule has 0 atom stereocenters. The van der Waals surface area contributed by atoms with Crippen molar-refractivity contribution in [3.63, 3.8) is 0 Å². The standard InChI is InChI=1S/C51H30N4O2/c1-3-13-31(14-4-1)49-52-50(32-15-5-2-6-16-32)54-51(53-49)38-20-12-24-46-47(38)40-30-34(26-28-45(40)56-46)33-25-27-44-39(29-33)37-19-11-23-43(48(37)57-44)55-41-21-9-7-17-35(41)36-18-8-10-22-42(36)55/h1-30H. The van der Waals surface area contributed by atoms with Gasteiger partial charge in [0, 0.05) is 49.0 Å². The zero-order chi connectivity index (χ0) is 37.5. The zero-order valence-electron chi connectivity index (χ0n) is 30.4. The van der Waals surface area contributed by atoms with Crippen LogP contribution in [0.2, 0.25) is 0 Å². The highest BCUT2D eigenvalue weighted by atomic mass is 16.3. The fraction of sp³-hybridized carbons (Fsp3) is 0. The normalized spacial score (nSPS) is 11.9. The van der Waals surface area contributed by atoms with Crippen LogP contribution in [0, 0.1) is 0 Å². The molecule has 4 heterocycles. The molecule has 12 aromatic rings. The lowest BCUT2D eigenvalue weighted by Crippen LogP contribution is -2.00. The van der Waals surface area contributed by atoms with Crippen LogP contribution in [0.25, 0.3) is 117 Å². The maximum atomic E-state index is 6.70. The van der Waals surface area contributed by atoms with Crippen molar-refractivity contribution < 1.29 is 8.83 Å². The molecule has 8 aromatic carbocycles. The van der Waals surface area contributed by atoms with Crippen molar-refractivity contribution in [1.29, 1.82) is 0 Å². The third kappa shape index (κ3) is 4.94. The quantitative estimate of drug-likeness (QED) is 0.176. The van der Waals surface area contributed by atoms with Gasteiger partial charge in [-0.05, 0) is 59.7 Å². The van der Waals surface area contributed by atoms with Gasteiger partial charge in [0.2, 0.25) is 0 Å². The van der Waals surface area contributed by atoms with E-state index in [1.165, 1.54) is 10.8 Å². The Morgan fingerprint density at radius 3 is 1.56 bits per heavy atom. The molecule has 57 heavy (non-hydrogen) atoms. The van der Waals surface area contributed by atoms with Crippen LogP contribution in [-0.4, -0.2) is 19.5 Å². The molecule has 12 rings (SSSR count). The van der Waals surface area contributed by atoms with E-state index < -0.39 is 0 Å². The van der Waals surface area contributed by atoms with E-state index in [0.717, 1.165) is 88.4 Å². The molecule has 0 aliphatic rings. The van der Waals surface area contributed by atoms with E-state index in [0.29, 0.717) is 17.5 Å². The molecule has 0 radical (unpaired) electrons. The maximum Gasteiger partial charge on any atom is 0.164 e. The number of furan rings is 2. The van der Waals surface area contributed by atoms with Crippen molar-refractivity contribution in [2.75, 3.05) is 0 Å². The summed E-state index contributed by atoms with van der Waals surface area (Å²) in [7, 11) is 0. The number of hydrogen-bond acceptors (Lipinski definition) is 5. The summed E-state index contributed by atoms with van der Waals surface area (Å²) in [6, 6.07) is 62.6. The van der Waals surface area contributed by atoms with E-state index in [1.54, 1.807) is 0 Å². The molecular formula is C51H30N4O2. The first-order chi connectivity index (χ1) is 28.2. The van der Waals surface area contributed by atoms with Gasteiger partial charge in [0.1, 0.15) is 16.7 Å². The number of nitrogens with zero attached hydrogens (tertiary/aromatic N) is 4. The first-order valence-electron chi connectivity index (χ1n) is 19.0.